The summed E-state index contributed by atoms with van der Waals surface area (Å²) in [7, 11) is 5.12. The molecule has 92 valence electrons. The van der Waals surface area contributed by atoms with Gasteiger partial charge in [0.25, 0.3) is 5.91 Å². The maximum Gasteiger partial charge on any atom is 0.257 e. The zero-order valence-electron chi connectivity index (χ0n) is 10.1. The van der Waals surface area contributed by atoms with Gasteiger partial charge in [-0.1, -0.05) is 0 Å². The highest BCUT2D eigenvalue weighted by molar-refractivity contribution is 6.01. The summed E-state index contributed by atoms with van der Waals surface area (Å²) in [5.41, 5.74) is 1.12. The molecular formula is C12H15FN2O2. The average molecular weight is 238 g/mol. The van der Waals surface area contributed by atoms with E-state index in [9.17, 15) is 9.18 Å². The van der Waals surface area contributed by atoms with Crippen molar-refractivity contribution in [1.29, 1.82) is 0 Å². The Bertz CT molecular complexity index is 450. The molecule has 1 aliphatic heterocycles. The standard InChI is InChI=1S/C12H15FN2O2/c1-14-10-6-8(13)4-5-9(10)12(16)15(2)11(14)7-17-3/h4-6,11H,7H2,1-3H3. The third kappa shape index (κ3) is 1.86. The van der Waals surface area contributed by atoms with Gasteiger partial charge >= 0.3 is 0 Å². The quantitative estimate of drug-likeness (QED) is 0.779. The highest BCUT2D eigenvalue weighted by Gasteiger charge is 2.33. The predicted octanol–water partition coefficient (Wildman–Crippen LogP) is 1.32. The molecule has 2 rings (SSSR count). The number of likely N-dealkylation sites (N-methyl/N-ethyl adjacent to an activating group) is 2. The second-order valence-electron chi connectivity index (χ2n) is 4.12. The number of amides is 1. The minimum absolute atomic E-state index is 0.111. The van der Waals surface area contributed by atoms with Crippen LogP contribution >= 0.6 is 0 Å². The molecule has 1 atom stereocenters. The lowest BCUT2D eigenvalue weighted by atomic mass is 10.1. The highest BCUT2D eigenvalue weighted by atomic mass is 19.1. The number of nitrogens with zero attached hydrogens (tertiary/aromatic N) is 2. The summed E-state index contributed by atoms with van der Waals surface area (Å²) >= 11 is 0. The van der Waals surface area contributed by atoms with Gasteiger partial charge in [-0.25, -0.2) is 4.39 Å². The van der Waals surface area contributed by atoms with Gasteiger partial charge in [0.05, 0.1) is 17.9 Å². The molecule has 4 nitrogen and oxygen atoms in total. The van der Waals surface area contributed by atoms with E-state index in [0.29, 0.717) is 17.9 Å². The Morgan fingerprint density at radius 2 is 2.06 bits per heavy atom. The maximum atomic E-state index is 13.2. The average Bonchev–Trinajstić information content (AvgIpc) is 2.32. The van der Waals surface area contributed by atoms with Crippen LogP contribution in [0.25, 0.3) is 0 Å². The molecule has 1 aromatic rings. The van der Waals surface area contributed by atoms with Gasteiger partial charge in [0.15, 0.2) is 0 Å². The number of benzene rings is 1. The molecule has 0 N–H and O–H groups in total. The van der Waals surface area contributed by atoms with Crippen molar-refractivity contribution in [3.63, 3.8) is 0 Å². The molecular weight excluding hydrogens is 223 g/mol. The van der Waals surface area contributed by atoms with E-state index in [4.69, 9.17) is 4.74 Å². The van der Waals surface area contributed by atoms with Crippen LogP contribution in [0.1, 0.15) is 10.4 Å². The van der Waals surface area contributed by atoms with Gasteiger partial charge in [0, 0.05) is 21.2 Å². The van der Waals surface area contributed by atoms with Crippen molar-refractivity contribution < 1.29 is 13.9 Å². The number of fused-ring (bicyclic) bond motifs is 1. The van der Waals surface area contributed by atoms with E-state index in [2.05, 4.69) is 0 Å². The van der Waals surface area contributed by atoms with Gasteiger partial charge in [-0.15, -0.1) is 0 Å². The number of hydrogen-bond donors (Lipinski definition) is 0. The number of carbonyl (C=O) groups is 1. The number of anilines is 1. The number of rotatable bonds is 2. The SMILES string of the molecule is COCC1N(C)C(=O)c2ccc(F)cc2N1C. The van der Waals surface area contributed by atoms with Crippen LogP contribution in [0.15, 0.2) is 18.2 Å². The van der Waals surface area contributed by atoms with Crippen LogP contribution in [0.5, 0.6) is 0 Å². The van der Waals surface area contributed by atoms with Gasteiger partial charge in [0.1, 0.15) is 12.0 Å². The van der Waals surface area contributed by atoms with E-state index in [0.717, 1.165) is 0 Å². The predicted molar refractivity (Wildman–Crippen MR) is 62.6 cm³/mol. The molecule has 1 unspecified atom stereocenters. The zero-order chi connectivity index (χ0) is 12.6. The summed E-state index contributed by atoms with van der Waals surface area (Å²) < 4.78 is 18.3. The Balaban J connectivity index is 2.47. The third-order valence-electron chi connectivity index (χ3n) is 3.10. The molecule has 1 amide bonds. The Morgan fingerprint density at radius 1 is 1.35 bits per heavy atom. The van der Waals surface area contributed by atoms with Crippen LogP contribution in [0, 0.1) is 5.82 Å². The summed E-state index contributed by atoms with van der Waals surface area (Å²) in [6.45, 7) is 0.384. The van der Waals surface area contributed by atoms with Gasteiger partial charge in [-0.3, -0.25) is 4.79 Å². The summed E-state index contributed by atoms with van der Waals surface area (Å²) in [4.78, 5) is 15.5. The van der Waals surface area contributed by atoms with Crippen LogP contribution < -0.4 is 4.90 Å². The van der Waals surface area contributed by atoms with E-state index in [1.54, 1.807) is 19.1 Å². The van der Waals surface area contributed by atoms with Gasteiger partial charge < -0.3 is 14.5 Å². The third-order valence-corrected chi connectivity index (χ3v) is 3.10. The van der Waals surface area contributed by atoms with Crippen molar-refractivity contribution in [3.8, 4) is 0 Å². The lowest BCUT2D eigenvalue weighted by molar-refractivity contribution is 0.0578. The molecule has 17 heavy (non-hydrogen) atoms. The second-order valence-corrected chi connectivity index (χ2v) is 4.12. The molecule has 1 heterocycles. The minimum atomic E-state index is -0.343. The fourth-order valence-corrected chi connectivity index (χ4v) is 2.10. The van der Waals surface area contributed by atoms with Crippen molar-refractivity contribution >= 4 is 11.6 Å². The largest absolute Gasteiger partial charge is 0.381 e. The number of ether oxygens (including phenoxy) is 1. The van der Waals surface area contributed by atoms with Crippen LogP contribution in [0.2, 0.25) is 0 Å². The van der Waals surface area contributed by atoms with Crippen LogP contribution in [0.3, 0.4) is 0 Å². The lowest BCUT2D eigenvalue weighted by Crippen LogP contribution is -2.54. The van der Waals surface area contributed by atoms with Gasteiger partial charge in [-0.05, 0) is 18.2 Å². The number of methoxy groups -OCH3 is 1. The molecule has 0 bridgehead atoms. The molecule has 0 saturated carbocycles. The summed E-state index contributed by atoms with van der Waals surface area (Å²) in [6.07, 6.45) is -0.207. The molecule has 0 saturated heterocycles. The molecule has 5 heteroatoms. The van der Waals surface area contributed by atoms with Gasteiger partial charge in [0.2, 0.25) is 0 Å². The number of carbonyl (C=O) groups excluding carboxylic acids is 1. The van der Waals surface area contributed by atoms with Crippen LogP contribution in [-0.2, 0) is 4.74 Å². The van der Waals surface area contributed by atoms with E-state index in [1.807, 2.05) is 11.9 Å². The first-order valence-corrected chi connectivity index (χ1v) is 5.34. The molecule has 0 aliphatic carbocycles. The fraction of sp³-hybridized carbons (Fsp3) is 0.417. The molecule has 1 aromatic carbocycles. The highest BCUT2D eigenvalue weighted by Crippen LogP contribution is 2.29. The maximum absolute atomic E-state index is 13.2. The van der Waals surface area contributed by atoms with Crippen molar-refractivity contribution in [2.75, 3.05) is 32.7 Å². The minimum Gasteiger partial charge on any atom is -0.381 e. The molecule has 0 aromatic heterocycles. The van der Waals surface area contributed by atoms with E-state index < -0.39 is 0 Å². The van der Waals surface area contributed by atoms with E-state index in [-0.39, 0.29) is 17.9 Å². The van der Waals surface area contributed by atoms with E-state index >= 15 is 0 Å². The monoisotopic (exact) mass is 238 g/mol. The summed E-state index contributed by atoms with van der Waals surface area (Å²) in [5.74, 6) is -0.454. The molecule has 0 radical (unpaired) electrons. The molecule has 1 aliphatic rings. The topological polar surface area (TPSA) is 32.8 Å². The molecule has 0 fully saturated rings. The first-order chi connectivity index (χ1) is 8.06. The van der Waals surface area contributed by atoms with Crippen LogP contribution in [-0.4, -0.2) is 44.8 Å². The zero-order valence-corrected chi connectivity index (χ0v) is 10.1. The lowest BCUT2D eigenvalue weighted by Gasteiger charge is -2.41. The van der Waals surface area contributed by atoms with Crippen molar-refractivity contribution in [2.45, 2.75) is 6.17 Å². The summed E-state index contributed by atoms with van der Waals surface area (Å²) in [6, 6.07) is 4.20. The number of halogens is 1. The van der Waals surface area contributed by atoms with Gasteiger partial charge in [-0.2, -0.15) is 0 Å². The molecule has 0 spiro atoms. The fourth-order valence-electron chi connectivity index (χ4n) is 2.10. The smallest absolute Gasteiger partial charge is 0.257 e. The van der Waals surface area contributed by atoms with Crippen molar-refractivity contribution in [1.82, 2.24) is 4.90 Å². The van der Waals surface area contributed by atoms with Crippen molar-refractivity contribution in [2.24, 2.45) is 0 Å². The Kier molecular flexibility index (Phi) is 3.02. The van der Waals surface area contributed by atoms with E-state index in [1.165, 1.54) is 18.2 Å². The van der Waals surface area contributed by atoms with Crippen LogP contribution in [0.4, 0.5) is 10.1 Å². The first-order valence-electron chi connectivity index (χ1n) is 5.34. The Hall–Kier alpha value is -1.62. The second kappa shape index (κ2) is 4.33. The summed E-state index contributed by atoms with van der Waals surface area (Å²) in [5, 5.41) is 0. The Labute approximate surface area is 99.6 Å². The van der Waals surface area contributed by atoms with Crippen molar-refractivity contribution in [3.05, 3.63) is 29.6 Å². The normalized spacial score (nSPS) is 19.5. The first kappa shape index (κ1) is 11.9. The Morgan fingerprint density at radius 3 is 2.71 bits per heavy atom. The number of hydrogen-bond acceptors (Lipinski definition) is 3.